The lowest BCUT2D eigenvalue weighted by atomic mass is 9.89. The molecule has 3 N–H and O–H groups in total. The lowest BCUT2D eigenvalue weighted by molar-refractivity contribution is -0.161. The molecule has 0 radical (unpaired) electrons. The summed E-state index contributed by atoms with van der Waals surface area (Å²) in [5.74, 6) is -2.44. The molecular weight excluding hydrogens is 413 g/mol. The van der Waals surface area contributed by atoms with Gasteiger partial charge in [0, 0.05) is 24.5 Å². The topological polar surface area (TPSA) is 91.3 Å². The van der Waals surface area contributed by atoms with Crippen molar-refractivity contribution in [3.8, 4) is 0 Å². The Kier molecular flexibility index (Phi) is 5.00. The minimum Gasteiger partial charge on any atom is -0.366 e. The normalized spacial score (nSPS) is 23.6. The Labute approximate surface area is 176 Å². The number of halogens is 3. The average molecular weight is 434 g/mol. The predicted molar refractivity (Wildman–Crippen MR) is 105 cm³/mol. The van der Waals surface area contributed by atoms with Gasteiger partial charge in [0.15, 0.2) is 5.82 Å². The lowest BCUT2D eigenvalue weighted by Crippen LogP contribution is -2.56. The summed E-state index contributed by atoms with van der Waals surface area (Å²) in [6.07, 6.45) is -5.61. The molecule has 2 aromatic rings. The number of amides is 2. The molecular formula is C20H21F3N6O2. The second kappa shape index (κ2) is 7.41. The number of fused-ring (bicyclic) bond motifs is 1. The molecule has 8 nitrogen and oxygen atoms in total. The summed E-state index contributed by atoms with van der Waals surface area (Å²) in [6.45, 7) is 3.29. The fourth-order valence-electron chi connectivity index (χ4n) is 3.96. The van der Waals surface area contributed by atoms with Gasteiger partial charge in [-0.25, -0.2) is 10.4 Å². The van der Waals surface area contributed by atoms with Gasteiger partial charge in [0.2, 0.25) is 0 Å². The summed E-state index contributed by atoms with van der Waals surface area (Å²) in [5, 5.41) is 10.4. The van der Waals surface area contributed by atoms with E-state index in [-0.39, 0.29) is 17.1 Å². The maximum absolute atomic E-state index is 13.8. The molecule has 0 saturated carbocycles. The second-order valence-electron chi connectivity index (χ2n) is 7.60. The van der Waals surface area contributed by atoms with Crippen molar-refractivity contribution in [2.45, 2.75) is 38.1 Å². The number of carbonyl (C=O) groups excluding carboxylic acids is 2. The molecule has 164 valence electrons. The van der Waals surface area contributed by atoms with Crippen LogP contribution in [0, 0.1) is 6.92 Å². The van der Waals surface area contributed by atoms with E-state index in [9.17, 15) is 22.8 Å². The van der Waals surface area contributed by atoms with Crippen molar-refractivity contribution < 1.29 is 22.8 Å². The van der Waals surface area contributed by atoms with Crippen LogP contribution in [0.2, 0.25) is 0 Å². The number of rotatable bonds is 3. The Balaban J connectivity index is 1.66. The van der Waals surface area contributed by atoms with Crippen LogP contribution in [-0.4, -0.2) is 45.0 Å². The number of aromatic nitrogens is 2. The fraction of sp³-hybridized carbons (Fsp3) is 0.350. The van der Waals surface area contributed by atoms with Crippen LogP contribution in [0.3, 0.4) is 0 Å². The van der Waals surface area contributed by atoms with E-state index in [1.54, 1.807) is 55.1 Å². The molecule has 2 aliphatic rings. The first-order valence-corrected chi connectivity index (χ1v) is 9.58. The summed E-state index contributed by atoms with van der Waals surface area (Å²) < 4.78 is 43.0. The molecule has 2 amide bonds. The number of allylic oxidation sites excluding steroid dienone is 1. The third-order valence-corrected chi connectivity index (χ3v) is 5.55. The molecule has 1 aromatic heterocycles. The zero-order valence-corrected chi connectivity index (χ0v) is 17.0. The van der Waals surface area contributed by atoms with Gasteiger partial charge in [0.05, 0.1) is 5.92 Å². The predicted octanol–water partition coefficient (Wildman–Crippen LogP) is 1.93. The van der Waals surface area contributed by atoms with Gasteiger partial charge in [-0.2, -0.15) is 18.3 Å². The molecule has 3 atom stereocenters. The van der Waals surface area contributed by atoms with E-state index in [0.717, 1.165) is 10.7 Å². The Morgan fingerprint density at radius 1 is 1.19 bits per heavy atom. The lowest BCUT2D eigenvalue weighted by Gasteiger charge is -2.34. The standard InChI is InChI=1S/C20H21F3N6O2/c1-10-9-13(26-28(10)3)25-18(30)14-11(2)24-17-15(12-7-5-4-6-8-12)16(20(21,22)23)27-29(17)19(14)31/h4-9,15-17,24,27H,1-3H3,(H,25,26,30). The highest BCUT2D eigenvalue weighted by atomic mass is 19.4. The summed E-state index contributed by atoms with van der Waals surface area (Å²) in [6, 6.07) is 7.80. The van der Waals surface area contributed by atoms with E-state index in [1.807, 2.05) is 0 Å². The zero-order chi connectivity index (χ0) is 22.5. The quantitative estimate of drug-likeness (QED) is 0.643. The van der Waals surface area contributed by atoms with Crippen molar-refractivity contribution in [1.82, 2.24) is 25.5 Å². The molecule has 11 heteroatoms. The third kappa shape index (κ3) is 3.65. The van der Waals surface area contributed by atoms with Crippen molar-refractivity contribution in [3.05, 3.63) is 58.9 Å². The Morgan fingerprint density at radius 3 is 2.45 bits per heavy atom. The first kappa shape index (κ1) is 20.9. The number of anilines is 1. The fourth-order valence-corrected chi connectivity index (χ4v) is 3.96. The number of hydrogen-bond donors (Lipinski definition) is 3. The Morgan fingerprint density at radius 2 is 1.87 bits per heavy atom. The molecule has 1 fully saturated rings. The van der Waals surface area contributed by atoms with Gasteiger partial charge < -0.3 is 10.6 Å². The monoisotopic (exact) mass is 434 g/mol. The summed E-state index contributed by atoms with van der Waals surface area (Å²) in [4.78, 5) is 25.9. The van der Waals surface area contributed by atoms with Crippen LogP contribution >= 0.6 is 0 Å². The van der Waals surface area contributed by atoms with Crippen molar-refractivity contribution in [2.75, 3.05) is 5.32 Å². The van der Waals surface area contributed by atoms with Gasteiger partial charge in [-0.15, -0.1) is 0 Å². The zero-order valence-electron chi connectivity index (χ0n) is 17.0. The average Bonchev–Trinajstić information content (AvgIpc) is 3.22. The van der Waals surface area contributed by atoms with E-state index >= 15 is 0 Å². The van der Waals surface area contributed by atoms with E-state index in [1.165, 1.54) is 6.92 Å². The summed E-state index contributed by atoms with van der Waals surface area (Å²) in [5.41, 5.74) is 3.41. The largest absolute Gasteiger partial charge is 0.406 e. The Hall–Kier alpha value is -3.34. The van der Waals surface area contributed by atoms with Crippen molar-refractivity contribution in [2.24, 2.45) is 7.05 Å². The molecule has 1 saturated heterocycles. The number of hydrazine groups is 1. The number of hydrogen-bond acceptors (Lipinski definition) is 5. The van der Waals surface area contributed by atoms with Gasteiger partial charge in [-0.05, 0) is 19.4 Å². The van der Waals surface area contributed by atoms with Crippen LogP contribution in [0.1, 0.15) is 24.1 Å². The number of carbonyl (C=O) groups is 2. The van der Waals surface area contributed by atoms with E-state index in [0.29, 0.717) is 5.56 Å². The maximum Gasteiger partial charge on any atom is 0.406 e. The molecule has 3 heterocycles. The van der Waals surface area contributed by atoms with Crippen LogP contribution in [0.25, 0.3) is 0 Å². The van der Waals surface area contributed by atoms with Crippen LogP contribution < -0.4 is 16.1 Å². The minimum absolute atomic E-state index is 0.196. The maximum atomic E-state index is 13.8. The molecule has 3 unspecified atom stereocenters. The van der Waals surface area contributed by atoms with Gasteiger partial charge >= 0.3 is 6.18 Å². The molecule has 0 spiro atoms. The first-order chi connectivity index (χ1) is 14.6. The molecule has 31 heavy (non-hydrogen) atoms. The van der Waals surface area contributed by atoms with Crippen molar-refractivity contribution >= 4 is 17.6 Å². The summed E-state index contributed by atoms with van der Waals surface area (Å²) >= 11 is 0. The van der Waals surface area contributed by atoms with Gasteiger partial charge in [0.25, 0.3) is 11.8 Å². The van der Waals surface area contributed by atoms with E-state index in [2.05, 4.69) is 21.2 Å². The van der Waals surface area contributed by atoms with Crippen molar-refractivity contribution in [1.29, 1.82) is 0 Å². The van der Waals surface area contributed by atoms with Gasteiger partial charge in [-0.3, -0.25) is 14.3 Å². The highest BCUT2D eigenvalue weighted by Crippen LogP contribution is 2.41. The second-order valence-corrected chi connectivity index (χ2v) is 7.60. The van der Waals surface area contributed by atoms with Crippen molar-refractivity contribution in [3.63, 3.8) is 0 Å². The number of nitrogens with zero attached hydrogens (tertiary/aromatic N) is 3. The molecule has 4 rings (SSSR count). The first-order valence-electron chi connectivity index (χ1n) is 9.58. The number of alkyl halides is 3. The Bertz CT molecular complexity index is 1040. The van der Waals surface area contributed by atoms with Crippen LogP contribution in [0.5, 0.6) is 0 Å². The molecule has 0 bridgehead atoms. The van der Waals surface area contributed by atoms with Gasteiger partial charge in [-0.1, -0.05) is 30.3 Å². The molecule has 2 aliphatic heterocycles. The third-order valence-electron chi connectivity index (χ3n) is 5.55. The molecule has 1 aromatic carbocycles. The summed E-state index contributed by atoms with van der Waals surface area (Å²) in [7, 11) is 1.70. The minimum atomic E-state index is -4.61. The highest BCUT2D eigenvalue weighted by molar-refractivity contribution is 6.23. The SMILES string of the molecule is CC1=C(C(=O)Nc2cc(C)n(C)n2)C(=O)N2NC(C(F)(F)F)C(c3ccccc3)C2N1. The number of nitrogens with one attached hydrogen (secondary N) is 3. The van der Waals surface area contributed by atoms with Crippen LogP contribution in [0.4, 0.5) is 19.0 Å². The van der Waals surface area contributed by atoms with E-state index in [4.69, 9.17) is 0 Å². The highest BCUT2D eigenvalue weighted by Gasteiger charge is 2.58. The number of benzene rings is 1. The smallest absolute Gasteiger partial charge is 0.366 e. The van der Waals surface area contributed by atoms with E-state index < -0.39 is 36.1 Å². The van der Waals surface area contributed by atoms with Gasteiger partial charge in [0.1, 0.15) is 17.8 Å². The van der Waals surface area contributed by atoms with Crippen LogP contribution in [0.15, 0.2) is 47.7 Å². The number of aryl methyl sites for hydroxylation is 2. The van der Waals surface area contributed by atoms with Crippen LogP contribution in [-0.2, 0) is 16.6 Å². The molecule has 0 aliphatic carbocycles.